The molecule has 0 aliphatic carbocycles. The maximum Gasteiger partial charge on any atom is 0.438 e. The van der Waals surface area contributed by atoms with Crippen molar-refractivity contribution in [2.45, 2.75) is 13.1 Å². The van der Waals surface area contributed by atoms with E-state index in [1.54, 1.807) is 30.3 Å². The Balaban J connectivity index is 2.56. The average Bonchev–Trinajstić information content (AvgIpc) is 2.74. The standard InChI is InChI=1S/C14H11F3N2O/c1-3-9-20-12-10(2)19(11-7-5-4-6-8-11)18-13(12)14(15,16)17/h1,4-8H,9H2,2H3. The number of halogens is 3. The van der Waals surface area contributed by atoms with Crippen LogP contribution in [0, 0.1) is 19.3 Å². The van der Waals surface area contributed by atoms with E-state index in [4.69, 9.17) is 11.2 Å². The van der Waals surface area contributed by atoms with E-state index in [-0.39, 0.29) is 18.1 Å². The molecule has 0 unspecified atom stereocenters. The first-order valence-corrected chi connectivity index (χ1v) is 5.73. The molecule has 3 nitrogen and oxygen atoms in total. The molecule has 0 N–H and O–H groups in total. The average molecular weight is 280 g/mol. The lowest BCUT2D eigenvalue weighted by Crippen LogP contribution is -2.09. The Morgan fingerprint density at radius 3 is 2.50 bits per heavy atom. The van der Waals surface area contributed by atoms with Crippen molar-refractivity contribution in [1.82, 2.24) is 9.78 Å². The summed E-state index contributed by atoms with van der Waals surface area (Å²) in [4.78, 5) is 0. The number of hydrogen-bond acceptors (Lipinski definition) is 2. The van der Waals surface area contributed by atoms with E-state index in [9.17, 15) is 13.2 Å². The third-order valence-corrected chi connectivity index (χ3v) is 2.63. The molecule has 2 aromatic rings. The number of aromatic nitrogens is 2. The van der Waals surface area contributed by atoms with E-state index in [1.165, 1.54) is 11.6 Å². The first-order chi connectivity index (χ1) is 9.45. The molecule has 0 saturated carbocycles. The third kappa shape index (κ3) is 2.62. The highest BCUT2D eigenvalue weighted by atomic mass is 19.4. The Labute approximate surface area is 114 Å². The van der Waals surface area contributed by atoms with E-state index in [2.05, 4.69) is 11.0 Å². The molecule has 0 saturated heterocycles. The van der Waals surface area contributed by atoms with Crippen LogP contribution in [0.15, 0.2) is 30.3 Å². The highest BCUT2D eigenvalue weighted by molar-refractivity contribution is 5.42. The van der Waals surface area contributed by atoms with Crippen molar-refractivity contribution in [3.05, 3.63) is 41.7 Å². The quantitative estimate of drug-likeness (QED) is 0.807. The molecule has 0 atom stereocenters. The van der Waals surface area contributed by atoms with Crippen LogP contribution in [0.1, 0.15) is 11.4 Å². The summed E-state index contributed by atoms with van der Waals surface area (Å²) in [7, 11) is 0. The molecule has 0 fully saturated rings. The number of ether oxygens (including phenoxy) is 1. The fraction of sp³-hybridized carbons (Fsp3) is 0.214. The Hall–Kier alpha value is -2.42. The fourth-order valence-electron chi connectivity index (χ4n) is 1.78. The van der Waals surface area contributed by atoms with Crippen LogP contribution in [0.2, 0.25) is 0 Å². The second kappa shape index (κ2) is 5.29. The zero-order chi connectivity index (χ0) is 14.8. The van der Waals surface area contributed by atoms with Gasteiger partial charge in [-0.25, -0.2) is 4.68 Å². The molecule has 0 bridgehead atoms. The molecule has 1 heterocycles. The van der Waals surface area contributed by atoms with Gasteiger partial charge in [0.15, 0.2) is 5.75 Å². The summed E-state index contributed by atoms with van der Waals surface area (Å²) in [6.45, 7) is 1.26. The van der Waals surface area contributed by atoms with E-state index < -0.39 is 11.9 Å². The first-order valence-electron chi connectivity index (χ1n) is 5.73. The number of hydrogen-bond donors (Lipinski definition) is 0. The van der Waals surface area contributed by atoms with E-state index in [1.807, 2.05) is 0 Å². The fourth-order valence-corrected chi connectivity index (χ4v) is 1.78. The van der Waals surface area contributed by atoms with Gasteiger partial charge in [-0.05, 0) is 19.1 Å². The molecule has 1 aromatic carbocycles. The van der Waals surface area contributed by atoms with Gasteiger partial charge in [0.05, 0.1) is 11.4 Å². The largest absolute Gasteiger partial charge is 0.477 e. The van der Waals surface area contributed by atoms with Crippen molar-refractivity contribution in [3.8, 4) is 23.8 Å². The van der Waals surface area contributed by atoms with Crippen LogP contribution in [0.25, 0.3) is 5.69 Å². The Kier molecular flexibility index (Phi) is 3.70. The lowest BCUT2D eigenvalue weighted by atomic mass is 10.3. The molecule has 104 valence electrons. The van der Waals surface area contributed by atoms with Crippen molar-refractivity contribution in [1.29, 1.82) is 0 Å². The number of rotatable bonds is 3. The number of para-hydroxylation sites is 1. The minimum absolute atomic E-state index is 0.246. The summed E-state index contributed by atoms with van der Waals surface area (Å²) in [5.74, 6) is 1.81. The lowest BCUT2D eigenvalue weighted by Gasteiger charge is -2.06. The lowest BCUT2D eigenvalue weighted by molar-refractivity contribution is -0.142. The van der Waals surface area contributed by atoms with Gasteiger partial charge < -0.3 is 4.74 Å². The molecule has 20 heavy (non-hydrogen) atoms. The number of alkyl halides is 3. The third-order valence-electron chi connectivity index (χ3n) is 2.63. The zero-order valence-electron chi connectivity index (χ0n) is 10.6. The summed E-state index contributed by atoms with van der Waals surface area (Å²) in [6, 6.07) is 8.51. The van der Waals surface area contributed by atoms with Crippen molar-refractivity contribution in [2.24, 2.45) is 0 Å². The highest BCUT2D eigenvalue weighted by Gasteiger charge is 2.40. The Morgan fingerprint density at radius 2 is 1.95 bits per heavy atom. The van der Waals surface area contributed by atoms with E-state index in [0.717, 1.165) is 0 Å². The minimum Gasteiger partial charge on any atom is -0.477 e. The van der Waals surface area contributed by atoms with Gasteiger partial charge in [-0.1, -0.05) is 24.1 Å². The van der Waals surface area contributed by atoms with Crippen LogP contribution in [0.3, 0.4) is 0 Å². The Morgan fingerprint density at radius 1 is 1.30 bits per heavy atom. The van der Waals surface area contributed by atoms with Gasteiger partial charge in [0.25, 0.3) is 0 Å². The van der Waals surface area contributed by atoms with Crippen LogP contribution in [-0.2, 0) is 6.18 Å². The second-order valence-corrected chi connectivity index (χ2v) is 4.00. The molecule has 0 spiro atoms. The maximum atomic E-state index is 13.0. The maximum absolute atomic E-state index is 13.0. The molecule has 6 heteroatoms. The summed E-state index contributed by atoms with van der Waals surface area (Å²) in [5, 5.41) is 3.60. The molecular formula is C14H11F3N2O. The molecular weight excluding hydrogens is 269 g/mol. The van der Waals surface area contributed by atoms with E-state index in [0.29, 0.717) is 5.69 Å². The molecule has 0 amide bonds. The van der Waals surface area contributed by atoms with Crippen LogP contribution in [0.5, 0.6) is 5.75 Å². The number of nitrogens with zero attached hydrogens (tertiary/aromatic N) is 2. The number of benzene rings is 1. The van der Waals surface area contributed by atoms with Gasteiger partial charge in [0.2, 0.25) is 5.69 Å². The van der Waals surface area contributed by atoms with E-state index >= 15 is 0 Å². The smallest absolute Gasteiger partial charge is 0.438 e. The predicted octanol–water partition coefficient (Wildman–Crippen LogP) is 3.21. The first kappa shape index (κ1) is 14.0. The summed E-state index contributed by atoms with van der Waals surface area (Å²) in [6.07, 6.45) is 0.418. The van der Waals surface area contributed by atoms with Gasteiger partial charge in [-0.3, -0.25) is 0 Å². The monoisotopic (exact) mass is 280 g/mol. The van der Waals surface area contributed by atoms with Crippen molar-refractivity contribution in [2.75, 3.05) is 6.61 Å². The second-order valence-electron chi connectivity index (χ2n) is 4.00. The summed E-state index contributed by atoms with van der Waals surface area (Å²) in [5.41, 5.74) is -0.307. The summed E-state index contributed by atoms with van der Waals surface area (Å²) < 4.78 is 45.1. The molecule has 1 aromatic heterocycles. The van der Waals surface area contributed by atoms with Gasteiger partial charge in [0.1, 0.15) is 6.61 Å². The Bertz CT molecular complexity index is 639. The van der Waals surface area contributed by atoms with Gasteiger partial charge in [0, 0.05) is 0 Å². The van der Waals surface area contributed by atoms with Gasteiger partial charge in [-0.2, -0.15) is 18.3 Å². The molecule has 0 aliphatic rings. The van der Waals surface area contributed by atoms with Crippen molar-refractivity contribution < 1.29 is 17.9 Å². The molecule has 0 radical (unpaired) electrons. The van der Waals surface area contributed by atoms with Crippen LogP contribution in [0.4, 0.5) is 13.2 Å². The zero-order valence-corrected chi connectivity index (χ0v) is 10.6. The van der Waals surface area contributed by atoms with Crippen LogP contribution < -0.4 is 4.74 Å². The summed E-state index contributed by atoms with van der Waals surface area (Å²) >= 11 is 0. The highest BCUT2D eigenvalue weighted by Crippen LogP contribution is 2.38. The topological polar surface area (TPSA) is 27.1 Å². The SMILES string of the molecule is C#CCOc1c(C(F)(F)F)nn(-c2ccccc2)c1C. The van der Waals surface area contributed by atoms with Crippen molar-refractivity contribution >= 4 is 0 Å². The van der Waals surface area contributed by atoms with Crippen LogP contribution >= 0.6 is 0 Å². The molecule has 2 rings (SSSR count). The van der Waals surface area contributed by atoms with Crippen LogP contribution in [-0.4, -0.2) is 16.4 Å². The number of terminal acetylenes is 1. The van der Waals surface area contributed by atoms with Gasteiger partial charge in [-0.15, -0.1) is 6.42 Å². The van der Waals surface area contributed by atoms with Crippen molar-refractivity contribution in [3.63, 3.8) is 0 Å². The normalized spacial score (nSPS) is 11.2. The molecule has 0 aliphatic heterocycles. The van der Waals surface area contributed by atoms with Gasteiger partial charge >= 0.3 is 6.18 Å². The predicted molar refractivity (Wildman–Crippen MR) is 67.6 cm³/mol. The minimum atomic E-state index is -4.60.